The number of rotatable bonds is 8. The van der Waals surface area contributed by atoms with Gasteiger partial charge in [-0.2, -0.15) is 0 Å². The molecule has 0 aliphatic heterocycles. The summed E-state index contributed by atoms with van der Waals surface area (Å²) in [5.41, 5.74) is 1.20. The Bertz CT molecular complexity index is 656. The first-order valence-corrected chi connectivity index (χ1v) is 8.06. The number of nitrogens with one attached hydrogen (secondary N) is 2. The van der Waals surface area contributed by atoms with Crippen molar-refractivity contribution < 1.29 is 9.53 Å². The molecule has 1 aromatic carbocycles. The fourth-order valence-corrected chi connectivity index (χ4v) is 2.14. The summed E-state index contributed by atoms with van der Waals surface area (Å²) in [6, 6.07) is 7.56. The zero-order valence-corrected chi connectivity index (χ0v) is 14.4. The fraction of sp³-hybridized carbons (Fsp3) is 0.389. The van der Waals surface area contributed by atoms with E-state index in [4.69, 9.17) is 4.74 Å². The van der Waals surface area contributed by atoms with Gasteiger partial charge in [-0.3, -0.25) is 4.79 Å². The van der Waals surface area contributed by atoms with Crippen LogP contribution in [0.15, 0.2) is 36.7 Å². The Labute approximate surface area is 142 Å². The molecule has 1 aromatic heterocycles. The van der Waals surface area contributed by atoms with E-state index in [-0.39, 0.29) is 5.91 Å². The molecule has 2 aromatic rings. The maximum Gasteiger partial charge on any atom is 0.271 e. The lowest BCUT2D eigenvalue weighted by atomic mass is 10.1. The van der Waals surface area contributed by atoms with Crippen LogP contribution < -0.4 is 15.4 Å². The van der Waals surface area contributed by atoms with Gasteiger partial charge in [-0.05, 0) is 18.4 Å². The first kappa shape index (κ1) is 17.7. The topological polar surface area (TPSA) is 76.1 Å². The summed E-state index contributed by atoms with van der Waals surface area (Å²) < 4.78 is 5.27. The molecule has 0 spiro atoms. The van der Waals surface area contributed by atoms with Crippen molar-refractivity contribution in [2.24, 2.45) is 5.92 Å². The molecule has 0 fully saturated rings. The van der Waals surface area contributed by atoms with Crippen molar-refractivity contribution in [2.75, 3.05) is 19.0 Å². The molecule has 0 aliphatic carbocycles. The summed E-state index contributed by atoms with van der Waals surface area (Å²) in [6.07, 6.45) is 4.12. The molecule has 2 rings (SSSR count). The predicted octanol–water partition coefficient (Wildman–Crippen LogP) is 2.87. The van der Waals surface area contributed by atoms with Crippen molar-refractivity contribution in [3.05, 3.63) is 47.9 Å². The van der Waals surface area contributed by atoms with Crippen molar-refractivity contribution >= 4 is 11.7 Å². The monoisotopic (exact) mass is 328 g/mol. The molecular formula is C18H24N4O2. The van der Waals surface area contributed by atoms with Crippen LogP contribution in [0.2, 0.25) is 0 Å². The molecule has 1 heterocycles. The van der Waals surface area contributed by atoms with Gasteiger partial charge in [-0.25, -0.2) is 9.97 Å². The molecule has 24 heavy (non-hydrogen) atoms. The van der Waals surface area contributed by atoms with Crippen molar-refractivity contribution in [3.8, 4) is 5.75 Å². The van der Waals surface area contributed by atoms with Crippen LogP contribution in [-0.2, 0) is 6.54 Å². The highest BCUT2D eigenvalue weighted by molar-refractivity contribution is 5.92. The number of anilines is 1. The van der Waals surface area contributed by atoms with Gasteiger partial charge in [0.25, 0.3) is 5.91 Å². The number of carbonyl (C=O) groups excluding carboxylic acids is 1. The number of aromatic nitrogens is 2. The lowest BCUT2D eigenvalue weighted by molar-refractivity contribution is 0.0945. The van der Waals surface area contributed by atoms with E-state index in [0.717, 1.165) is 24.3 Å². The summed E-state index contributed by atoms with van der Waals surface area (Å²) in [5.74, 6) is 1.79. The van der Waals surface area contributed by atoms with Crippen molar-refractivity contribution in [3.63, 3.8) is 0 Å². The summed E-state index contributed by atoms with van der Waals surface area (Å²) in [7, 11) is 1.61. The van der Waals surface area contributed by atoms with Crippen LogP contribution in [0.25, 0.3) is 0 Å². The van der Waals surface area contributed by atoms with E-state index < -0.39 is 0 Å². The molecule has 6 nitrogen and oxygen atoms in total. The van der Waals surface area contributed by atoms with E-state index in [1.165, 1.54) is 6.20 Å². The Hall–Kier alpha value is -2.63. The number of carbonyl (C=O) groups is 1. The second kappa shape index (κ2) is 8.86. The number of nitrogens with zero attached hydrogens (tertiary/aromatic N) is 2. The van der Waals surface area contributed by atoms with Gasteiger partial charge in [0.05, 0.1) is 19.5 Å². The summed E-state index contributed by atoms with van der Waals surface area (Å²) in [6.45, 7) is 5.55. The average Bonchev–Trinajstić information content (AvgIpc) is 2.60. The van der Waals surface area contributed by atoms with Gasteiger partial charge in [0.2, 0.25) is 0 Å². The van der Waals surface area contributed by atoms with Crippen molar-refractivity contribution in [1.82, 2.24) is 15.3 Å². The largest absolute Gasteiger partial charge is 0.496 e. The lowest BCUT2D eigenvalue weighted by Crippen LogP contribution is -2.24. The van der Waals surface area contributed by atoms with Crippen LogP contribution in [0.3, 0.4) is 0 Å². The standard InChI is InChI=1S/C18H24N4O2/c1-13(2)8-9-19-17-12-20-15(11-21-17)18(23)22-10-14-6-4-5-7-16(14)24-3/h4-7,11-13H,8-10H2,1-3H3,(H,19,21)(H,22,23). The molecule has 0 aliphatic rings. The van der Waals surface area contributed by atoms with Crippen molar-refractivity contribution in [1.29, 1.82) is 0 Å². The SMILES string of the molecule is COc1ccccc1CNC(=O)c1cnc(NCCC(C)C)cn1. The van der Waals surface area contributed by atoms with Crippen LogP contribution in [0.5, 0.6) is 5.75 Å². The molecule has 2 N–H and O–H groups in total. The zero-order valence-electron chi connectivity index (χ0n) is 14.4. The summed E-state index contributed by atoms with van der Waals surface area (Å²) in [5, 5.41) is 6.02. The van der Waals surface area contributed by atoms with Crippen LogP contribution in [0.1, 0.15) is 36.3 Å². The smallest absolute Gasteiger partial charge is 0.271 e. The number of amides is 1. The van der Waals surface area contributed by atoms with Gasteiger partial charge < -0.3 is 15.4 Å². The number of methoxy groups -OCH3 is 1. The number of ether oxygens (including phenoxy) is 1. The third-order valence-corrected chi connectivity index (χ3v) is 3.54. The van der Waals surface area contributed by atoms with E-state index in [1.807, 2.05) is 24.3 Å². The van der Waals surface area contributed by atoms with Gasteiger partial charge in [0.15, 0.2) is 0 Å². The Kier molecular flexibility index (Phi) is 6.54. The average molecular weight is 328 g/mol. The minimum absolute atomic E-state index is 0.262. The van der Waals surface area contributed by atoms with Crippen LogP contribution >= 0.6 is 0 Å². The predicted molar refractivity (Wildman–Crippen MR) is 94.1 cm³/mol. The van der Waals surface area contributed by atoms with Crippen molar-refractivity contribution in [2.45, 2.75) is 26.8 Å². The molecule has 6 heteroatoms. The van der Waals surface area contributed by atoms with E-state index in [1.54, 1.807) is 13.3 Å². The lowest BCUT2D eigenvalue weighted by Gasteiger charge is -2.10. The highest BCUT2D eigenvalue weighted by Gasteiger charge is 2.09. The van der Waals surface area contributed by atoms with Gasteiger partial charge in [0, 0.05) is 18.7 Å². The maximum atomic E-state index is 12.2. The second-order valence-corrected chi connectivity index (χ2v) is 5.89. The van der Waals surface area contributed by atoms with Gasteiger partial charge >= 0.3 is 0 Å². The molecule has 0 saturated heterocycles. The fourth-order valence-electron chi connectivity index (χ4n) is 2.14. The number of hydrogen-bond donors (Lipinski definition) is 2. The molecular weight excluding hydrogens is 304 g/mol. The number of benzene rings is 1. The minimum Gasteiger partial charge on any atom is -0.496 e. The normalized spacial score (nSPS) is 10.5. The second-order valence-electron chi connectivity index (χ2n) is 5.89. The van der Waals surface area contributed by atoms with Crippen LogP contribution in [0, 0.1) is 5.92 Å². The molecule has 128 valence electrons. The maximum absolute atomic E-state index is 12.2. The molecule has 0 atom stereocenters. The van der Waals surface area contributed by atoms with Crippen LogP contribution in [0.4, 0.5) is 5.82 Å². The number of hydrogen-bond acceptors (Lipinski definition) is 5. The van der Waals surface area contributed by atoms with E-state index >= 15 is 0 Å². The van der Waals surface area contributed by atoms with E-state index in [2.05, 4.69) is 34.4 Å². The van der Waals surface area contributed by atoms with Crippen LogP contribution in [-0.4, -0.2) is 29.5 Å². The molecule has 0 saturated carbocycles. The quantitative estimate of drug-likeness (QED) is 0.779. The highest BCUT2D eigenvalue weighted by atomic mass is 16.5. The Morgan fingerprint density at radius 1 is 1.21 bits per heavy atom. The van der Waals surface area contributed by atoms with Gasteiger partial charge in [-0.1, -0.05) is 32.0 Å². The minimum atomic E-state index is -0.262. The van der Waals surface area contributed by atoms with E-state index in [9.17, 15) is 4.79 Å². The summed E-state index contributed by atoms with van der Waals surface area (Å²) in [4.78, 5) is 20.5. The molecule has 0 unspecified atom stereocenters. The Balaban J connectivity index is 1.88. The zero-order chi connectivity index (χ0) is 17.4. The molecule has 0 radical (unpaired) electrons. The third kappa shape index (κ3) is 5.22. The summed E-state index contributed by atoms with van der Waals surface area (Å²) >= 11 is 0. The van der Waals surface area contributed by atoms with Gasteiger partial charge in [-0.15, -0.1) is 0 Å². The first-order valence-electron chi connectivity index (χ1n) is 8.06. The first-order chi connectivity index (χ1) is 11.6. The highest BCUT2D eigenvalue weighted by Crippen LogP contribution is 2.16. The molecule has 0 bridgehead atoms. The Morgan fingerprint density at radius 3 is 2.67 bits per heavy atom. The third-order valence-electron chi connectivity index (χ3n) is 3.54. The number of para-hydroxylation sites is 1. The Morgan fingerprint density at radius 2 is 2.00 bits per heavy atom. The van der Waals surface area contributed by atoms with Gasteiger partial charge in [0.1, 0.15) is 17.3 Å². The molecule has 1 amide bonds. The van der Waals surface area contributed by atoms with E-state index in [0.29, 0.717) is 24.0 Å².